The van der Waals surface area contributed by atoms with E-state index in [0.29, 0.717) is 26.5 Å². The van der Waals surface area contributed by atoms with Crippen LogP contribution in [0, 0.1) is 0 Å². The van der Waals surface area contributed by atoms with Crippen molar-refractivity contribution in [3.8, 4) is 5.75 Å². The second-order valence-corrected chi connectivity index (χ2v) is 8.47. The van der Waals surface area contributed by atoms with Gasteiger partial charge in [0, 0.05) is 26.2 Å². The number of benzene rings is 2. The van der Waals surface area contributed by atoms with Crippen molar-refractivity contribution in [1.82, 2.24) is 4.98 Å². The first-order valence-electron chi connectivity index (χ1n) is 9.72. The Balaban J connectivity index is 1.71. The first-order chi connectivity index (χ1) is 14.9. The van der Waals surface area contributed by atoms with E-state index in [4.69, 9.17) is 39.5 Å². The Bertz CT molecular complexity index is 1190. The number of nitrogens with zero attached hydrogens (tertiary/aromatic N) is 1. The number of aromatic nitrogens is 1. The van der Waals surface area contributed by atoms with Gasteiger partial charge in [-0.1, -0.05) is 46.9 Å². The summed E-state index contributed by atoms with van der Waals surface area (Å²) >= 11 is 18.6. The molecule has 0 unspecified atom stereocenters. The molecule has 0 aliphatic heterocycles. The molecule has 1 aliphatic carbocycles. The zero-order valence-corrected chi connectivity index (χ0v) is 18.6. The molecule has 0 saturated heterocycles. The molecule has 1 N–H and O–H groups in total. The topological polar surface area (TPSA) is 59.4 Å². The largest absolute Gasteiger partial charge is 0.488 e. The maximum absolute atomic E-state index is 11.4. The molecule has 4 nitrogen and oxygen atoms in total. The van der Waals surface area contributed by atoms with Crippen LogP contribution >= 0.6 is 34.8 Å². The number of ether oxygens (including phenoxy) is 1. The number of pyridine rings is 1. The van der Waals surface area contributed by atoms with Crippen LogP contribution in [0.5, 0.6) is 5.75 Å². The third-order valence-electron chi connectivity index (χ3n) is 5.16. The highest BCUT2D eigenvalue weighted by atomic mass is 35.5. The van der Waals surface area contributed by atoms with Gasteiger partial charge < -0.3 is 9.84 Å². The van der Waals surface area contributed by atoms with E-state index in [1.165, 1.54) is 6.07 Å². The molecule has 7 heteroatoms. The number of carboxylic acid groups (broad SMARTS) is 1. The minimum absolute atomic E-state index is 0.0243. The molecule has 0 atom stereocenters. The molecule has 3 aromatic rings. The fourth-order valence-electron chi connectivity index (χ4n) is 3.70. The third-order valence-corrected chi connectivity index (χ3v) is 5.98. The molecule has 0 radical (unpaired) electrons. The Morgan fingerprint density at radius 1 is 0.968 bits per heavy atom. The maximum atomic E-state index is 11.4. The van der Waals surface area contributed by atoms with E-state index in [0.717, 1.165) is 41.5 Å². The zero-order valence-electron chi connectivity index (χ0n) is 16.4. The van der Waals surface area contributed by atoms with E-state index < -0.39 is 5.97 Å². The number of rotatable bonds is 6. The molecule has 1 heterocycles. The van der Waals surface area contributed by atoms with Crippen LogP contribution in [0.4, 0.5) is 0 Å². The van der Waals surface area contributed by atoms with Crippen LogP contribution in [0.3, 0.4) is 0 Å². The average molecular weight is 475 g/mol. The van der Waals surface area contributed by atoms with Crippen LogP contribution in [0.1, 0.15) is 46.6 Å². The summed E-state index contributed by atoms with van der Waals surface area (Å²) < 4.78 is 6.12. The monoisotopic (exact) mass is 473 g/mol. The number of hydrogen-bond acceptors (Lipinski definition) is 3. The number of carboxylic acids is 1. The summed E-state index contributed by atoms with van der Waals surface area (Å²) in [7, 11) is 0. The Morgan fingerprint density at radius 3 is 2.48 bits per heavy atom. The molecule has 0 bridgehead atoms. The van der Waals surface area contributed by atoms with Gasteiger partial charge in [0.25, 0.3) is 0 Å². The Kier molecular flexibility index (Phi) is 6.51. The van der Waals surface area contributed by atoms with Crippen molar-refractivity contribution in [1.29, 1.82) is 0 Å². The number of carbonyl (C=O) groups is 1. The predicted molar refractivity (Wildman–Crippen MR) is 124 cm³/mol. The van der Waals surface area contributed by atoms with Gasteiger partial charge in [-0.3, -0.25) is 0 Å². The highest BCUT2D eigenvalue weighted by Crippen LogP contribution is 2.43. The minimum atomic E-state index is -1.05. The Hall–Kier alpha value is -2.53. The molecule has 4 rings (SSSR count). The van der Waals surface area contributed by atoms with Crippen molar-refractivity contribution in [3.05, 3.63) is 92.2 Å². The summed E-state index contributed by atoms with van der Waals surface area (Å²) in [4.78, 5) is 15.7. The summed E-state index contributed by atoms with van der Waals surface area (Å²) in [6.07, 6.45) is 2.58. The van der Waals surface area contributed by atoms with Gasteiger partial charge in [0.2, 0.25) is 0 Å². The lowest BCUT2D eigenvalue weighted by molar-refractivity contribution is 0.0690. The summed E-state index contributed by atoms with van der Waals surface area (Å²) in [6, 6.07) is 15.8. The van der Waals surface area contributed by atoms with Crippen molar-refractivity contribution in [2.24, 2.45) is 0 Å². The highest BCUT2D eigenvalue weighted by molar-refractivity contribution is 6.35. The molecular weight excluding hydrogens is 457 g/mol. The lowest BCUT2D eigenvalue weighted by atomic mass is 9.99. The van der Waals surface area contributed by atoms with Crippen molar-refractivity contribution < 1.29 is 14.6 Å². The van der Waals surface area contributed by atoms with E-state index in [1.807, 2.05) is 24.3 Å². The van der Waals surface area contributed by atoms with Crippen LogP contribution in [-0.2, 0) is 6.61 Å². The second-order valence-electron chi connectivity index (χ2n) is 7.19. The molecule has 158 valence electrons. The maximum Gasteiger partial charge on any atom is 0.354 e. The third kappa shape index (κ3) is 4.87. The molecule has 31 heavy (non-hydrogen) atoms. The molecule has 1 aromatic heterocycles. The van der Waals surface area contributed by atoms with Gasteiger partial charge in [0.1, 0.15) is 18.1 Å². The minimum Gasteiger partial charge on any atom is -0.488 e. The molecule has 2 aromatic carbocycles. The molecular formula is C24H18Cl3NO3. The summed E-state index contributed by atoms with van der Waals surface area (Å²) in [6.45, 7) is 0.278. The van der Waals surface area contributed by atoms with Crippen LogP contribution in [0.2, 0.25) is 15.1 Å². The van der Waals surface area contributed by atoms with E-state index in [9.17, 15) is 9.90 Å². The van der Waals surface area contributed by atoms with E-state index in [-0.39, 0.29) is 12.3 Å². The van der Waals surface area contributed by atoms with Crippen LogP contribution in [0.25, 0.3) is 11.1 Å². The number of aromatic carboxylic acids is 1. The lowest BCUT2D eigenvalue weighted by Gasteiger charge is -2.15. The van der Waals surface area contributed by atoms with Crippen molar-refractivity contribution in [2.45, 2.75) is 25.9 Å². The average Bonchev–Trinajstić information content (AvgIpc) is 3.23. The van der Waals surface area contributed by atoms with E-state index in [1.54, 1.807) is 24.3 Å². The van der Waals surface area contributed by atoms with Crippen LogP contribution < -0.4 is 4.74 Å². The summed E-state index contributed by atoms with van der Waals surface area (Å²) in [5.41, 5.74) is 4.47. The Labute approximate surface area is 195 Å². The van der Waals surface area contributed by atoms with Gasteiger partial charge in [-0.05, 0) is 72.9 Å². The quantitative estimate of drug-likeness (QED) is 0.404. The van der Waals surface area contributed by atoms with Crippen LogP contribution in [0.15, 0.2) is 54.6 Å². The fourth-order valence-corrected chi connectivity index (χ4v) is 4.34. The second kappa shape index (κ2) is 9.31. The Morgan fingerprint density at radius 2 is 1.71 bits per heavy atom. The summed E-state index contributed by atoms with van der Waals surface area (Å²) in [5, 5.41) is 11.0. The molecule has 0 fully saturated rings. The van der Waals surface area contributed by atoms with Gasteiger partial charge in [-0.15, -0.1) is 0 Å². The van der Waals surface area contributed by atoms with Crippen molar-refractivity contribution >= 4 is 51.9 Å². The van der Waals surface area contributed by atoms with Gasteiger partial charge in [-0.2, -0.15) is 0 Å². The first kappa shape index (κ1) is 21.7. The number of halogens is 3. The smallest absolute Gasteiger partial charge is 0.354 e. The van der Waals surface area contributed by atoms with E-state index >= 15 is 0 Å². The molecule has 0 amide bonds. The molecule has 1 aliphatic rings. The fraction of sp³-hybridized carbons (Fsp3) is 0.167. The number of allylic oxidation sites excluding steroid dienone is 2. The van der Waals surface area contributed by atoms with Crippen molar-refractivity contribution in [2.75, 3.05) is 0 Å². The standard InChI is InChI=1S/C24H18Cl3NO3/c25-15-9-10-23(31-13-14-7-8-16(26)12-20(14)27)19(11-15)17-3-1-4-18(17)21-5-2-6-22(28-21)24(29)30/h2,5-12H,1,3-4,13H2,(H,29,30). The van der Waals surface area contributed by atoms with Gasteiger partial charge in [-0.25, -0.2) is 9.78 Å². The normalized spacial score (nSPS) is 13.5. The predicted octanol–water partition coefficient (Wildman–Crippen LogP) is 7.41. The summed E-state index contributed by atoms with van der Waals surface area (Å²) in [5.74, 6) is -0.368. The van der Waals surface area contributed by atoms with Gasteiger partial charge in [0.05, 0.1) is 5.69 Å². The lowest BCUT2D eigenvalue weighted by Crippen LogP contribution is -2.03. The number of hydrogen-bond donors (Lipinski definition) is 1. The van der Waals surface area contributed by atoms with Crippen molar-refractivity contribution in [3.63, 3.8) is 0 Å². The zero-order chi connectivity index (χ0) is 22.0. The molecule has 0 saturated carbocycles. The SMILES string of the molecule is O=C(O)c1cccc(C2=C(c3cc(Cl)ccc3OCc3ccc(Cl)cc3Cl)CCC2)n1. The first-order valence-corrected chi connectivity index (χ1v) is 10.8. The van der Waals surface area contributed by atoms with Gasteiger partial charge >= 0.3 is 5.97 Å². The molecule has 0 spiro atoms. The van der Waals surface area contributed by atoms with E-state index in [2.05, 4.69) is 4.98 Å². The highest BCUT2D eigenvalue weighted by Gasteiger charge is 2.22. The van der Waals surface area contributed by atoms with Crippen LogP contribution in [-0.4, -0.2) is 16.1 Å². The van der Waals surface area contributed by atoms with Gasteiger partial charge in [0.15, 0.2) is 0 Å².